The van der Waals surface area contributed by atoms with Crippen LogP contribution in [0.3, 0.4) is 0 Å². The van der Waals surface area contributed by atoms with Crippen LogP contribution >= 0.6 is 0 Å². The number of benzene rings is 2. The lowest BCUT2D eigenvalue weighted by atomic mass is 9.78. The molecule has 0 fully saturated rings. The van der Waals surface area contributed by atoms with Crippen molar-refractivity contribution in [2.45, 2.75) is 32.8 Å². The second-order valence-electron chi connectivity index (χ2n) is 8.04. The maximum atomic E-state index is 5.97. The molecule has 152 valence electrons. The molecule has 0 atom stereocenters. The lowest BCUT2D eigenvalue weighted by molar-refractivity contribution is 0.301. The first-order valence-corrected chi connectivity index (χ1v) is 10.0. The molecule has 0 saturated heterocycles. The van der Waals surface area contributed by atoms with Crippen LogP contribution in [0.5, 0.6) is 5.75 Å². The van der Waals surface area contributed by atoms with Crippen LogP contribution in [0, 0.1) is 6.92 Å². The largest absolute Gasteiger partial charge is 0.487 e. The van der Waals surface area contributed by atoms with Gasteiger partial charge < -0.3 is 9.30 Å². The summed E-state index contributed by atoms with van der Waals surface area (Å²) in [4.78, 5) is 13.2. The van der Waals surface area contributed by atoms with E-state index in [1.807, 2.05) is 36.0 Å². The van der Waals surface area contributed by atoms with Crippen LogP contribution in [0.4, 0.5) is 0 Å². The standard InChI is InChI=1S/C25H26N4O/c1-18-5-7-19(8-6-18)25(2,3)20-9-11-22(12-10-20)30-17-21-13-14-26-23(28-21)24-27-15-16-29(24)4/h5-16H,17H2,1-4H3. The second-order valence-corrected chi connectivity index (χ2v) is 8.04. The Morgan fingerprint density at radius 1 is 0.867 bits per heavy atom. The Balaban J connectivity index is 1.45. The van der Waals surface area contributed by atoms with Crippen molar-refractivity contribution in [3.63, 3.8) is 0 Å². The topological polar surface area (TPSA) is 52.8 Å². The average molecular weight is 399 g/mol. The van der Waals surface area contributed by atoms with E-state index in [1.165, 1.54) is 16.7 Å². The van der Waals surface area contributed by atoms with Crippen LogP contribution in [0.2, 0.25) is 0 Å². The molecule has 0 aliphatic rings. The predicted molar refractivity (Wildman–Crippen MR) is 118 cm³/mol. The molecule has 0 bridgehead atoms. The number of nitrogens with zero attached hydrogens (tertiary/aromatic N) is 4. The summed E-state index contributed by atoms with van der Waals surface area (Å²) in [5, 5.41) is 0. The van der Waals surface area contributed by atoms with Gasteiger partial charge in [0.15, 0.2) is 11.6 Å². The third-order valence-electron chi connectivity index (χ3n) is 5.47. The number of hydrogen-bond acceptors (Lipinski definition) is 4. The quantitative estimate of drug-likeness (QED) is 0.454. The van der Waals surface area contributed by atoms with Crippen molar-refractivity contribution < 1.29 is 4.74 Å². The zero-order chi connectivity index (χ0) is 21.1. The minimum Gasteiger partial charge on any atom is -0.487 e. The van der Waals surface area contributed by atoms with E-state index in [9.17, 15) is 0 Å². The van der Waals surface area contributed by atoms with Gasteiger partial charge in [0.05, 0.1) is 5.69 Å². The minimum atomic E-state index is -0.0736. The molecule has 0 spiro atoms. The summed E-state index contributed by atoms with van der Waals surface area (Å²) in [6, 6.07) is 18.9. The number of imidazole rings is 1. The molecule has 4 aromatic rings. The van der Waals surface area contributed by atoms with Gasteiger partial charge in [-0.15, -0.1) is 0 Å². The molecule has 0 saturated carbocycles. The van der Waals surface area contributed by atoms with E-state index in [2.05, 4.69) is 72.1 Å². The molecule has 2 aromatic heterocycles. The third-order valence-corrected chi connectivity index (χ3v) is 5.47. The van der Waals surface area contributed by atoms with Crippen LogP contribution in [-0.4, -0.2) is 19.5 Å². The summed E-state index contributed by atoms with van der Waals surface area (Å²) in [6.45, 7) is 6.97. The number of hydrogen-bond donors (Lipinski definition) is 0. The summed E-state index contributed by atoms with van der Waals surface area (Å²) in [5.41, 5.74) is 4.55. The summed E-state index contributed by atoms with van der Waals surface area (Å²) < 4.78 is 7.86. The highest BCUT2D eigenvalue weighted by Crippen LogP contribution is 2.32. The summed E-state index contributed by atoms with van der Waals surface area (Å²) in [6.07, 6.45) is 5.35. The van der Waals surface area contributed by atoms with E-state index in [0.29, 0.717) is 12.4 Å². The van der Waals surface area contributed by atoms with Crippen molar-refractivity contribution in [1.82, 2.24) is 19.5 Å². The maximum Gasteiger partial charge on any atom is 0.196 e. The smallest absolute Gasteiger partial charge is 0.196 e. The van der Waals surface area contributed by atoms with Gasteiger partial charge in [-0.05, 0) is 36.2 Å². The molecule has 4 rings (SSSR count). The average Bonchev–Trinajstić information content (AvgIpc) is 3.19. The van der Waals surface area contributed by atoms with Gasteiger partial charge in [0, 0.05) is 31.1 Å². The highest BCUT2D eigenvalue weighted by atomic mass is 16.5. The number of aromatic nitrogens is 4. The Bertz CT molecular complexity index is 1130. The molecule has 0 amide bonds. The van der Waals surface area contributed by atoms with Crippen LogP contribution in [-0.2, 0) is 19.1 Å². The Hall–Kier alpha value is -3.47. The van der Waals surface area contributed by atoms with Crippen molar-refractivity contribution >= 4 is 0 Å². The molecule has 0 N–H and O–H groups in total. The van der Waals surface area contributed by atoms with E-state index < -0.39 is 0 Å². The first-order chi connectivity index (χ1) is 14.4. The molecule has 0 radical (unpaired) electrons. The van der Waals surface area contributed by atoms with Crippen molar-refractivity contribution in [2.24, 2.45) is 7.05 Å². The van der Waals surface area contributed by atoms with E-state index >= 15 is 0 Å². The number of rotatable bonds is 6. The van der Waals surface area contributed by atoms with Crippen molar-refractivity contribution in [3.05, 3.63) is 95.6 Å². The van der Waals surface area contributed by atoms with Crippen LogP contribution in [0.1, 0.15) is 36.2 Å². The fraction of sp³-hybridized carbons (Fsp3) is 0.240. The van der Waals surface area contributed by atoms with Gasteiger partial charge in [0.25, 0.3) is 0 Å². The van der Waals surface area contributed by atoms with E-state index in [-0.39, 0.29) is 5.41 Å². The van der Waals surface area contributed by atoms with Gasteiger partial charge >= 0.3 is 0 Å². The van der Waals surface area contributed by atoms with Crippen LogP contribution < -0.4 is 4.74 Å². The zero-order valence-corrected chi connectivity index (χ0v) is 17.8. The normalized spacial score (nSPS) is 11.5. The number of aryl methyl sites for hydroxylation is 2. The van der Waals surface area contributed by atoms with Gasteiger partial charge in [-0.1, -0.05) is 55.8 Å². The predicted octanol–water partition coefficient (Wildman–Crippen LogP) is 5.09. The fourth-order valence-corrected chi connectivity index (χ4v) is 3.43. The van der Waals surface area contributed by atoms with Crippen LogP contribution in [0.15, 0.2) is 73.2 Å². The van der Waals surface area contributed by atoms with E-state index in [0.717, 1.165) is 17.3 Å². The molecular weight excluding hydrogens is 372 g/mol. The molecule has 2 heterocycles. The minimum absolute atomic E-state index is 0.0736. The van der Waals surface area contributed by atoms with Crippen molar-refractivity contribution in [3.8, 4) is 17.4 Å². The van der Waals surface area contributed by atoms with Gasteiger partial charge in [-0.2, -0.15) is 0 Å². The third kappa shape index (κ3) is 4.10. The van der Waals surface area contributed by atoms with Crippen molar-refractivity contribution in [2.75, 3.05) is 0 Å². The number of ether oxygens (including phenoxy) is 1. The van der Waals surface area contributed by atoms with Gasteiger partial charge in [-0.25, -0.2) is 15.0 Å². The molecule has 0 aliphatic carbocycles. The summed E-state index contributed by atoms with van der Waals surface area (Å²) in [7, 11) is 1.93. The Labute approximate surface area is 177 Å². The second kappa shape index (κ2) is 8.11. The van der Waals surface area contributed by atoms with E-state index in [1.54, 1.807) is 12.4 Å². The zero-order valence-electron chi connectivity index (χ0n) is 17.8. The van der Waals surface area contributed by atoms with Gasteiger partial charge in [-0.3, -0.25) is 0 Å². The fourth-order valence-electron chi connectivity index (χ4n) is 3.43. The lowest BCUT2D eigenvalue weighted by Crippen LogP contribution is -2.18. The summed E-state index contributed by atoms with van der Waals surface area (Å²) >= 11 is 0. The Morgan fingerprint density at radius 2 is 1.53 bits per heavy atom. The molecule has 5 heteroatoms. The highest BCUT2D eigenvalue weighted by Gasteiger charge is 2.22. The molecule has 5 nitrogen and oxygen atoms in total. The van der Waals surface area contributed by atoms with Gasteiger partial charge in [0.2, 0.25) is 0 Å². The molecule has 0 unspecified atom stereocenters. The molecule has 30 heavy (non-hydrogen) atoms. The summed E-state index contributed by atoms with van der Waals surface area (Å²) in [5.74, 6) is 2.15. The lowest BCUT2D eigenvalue weighted by Gasteiger charge is -2.26. The first-order valence-electron chi connectivity index (χ1n) is 10.0. The SMILES string of the molecule is Cc1ccc(C(C)(C)c2ccc(OCc3ccnc(-c4nccn4C)n3)cc2)cc1. The Morgan fingerprint density at radius 3 is 2.17 bits per heavy atom. The Kier molecular flexibility index (Phi) is 5.36. The van der Waals surface area contributed by atoms with Crippen LogP contribution in [0.25, 0.3) is 11.6 Å². The molecule has 2 aromatic carbocycles. The molecule has 0 aliphatic heterocycles. The van der Waals surface area contributed by atoms with Crippen molar-refractivity contribution in [1.29, 1.82) is 0 Å². The highest BCUT2D eigenvalue weighted by molar-refractivity contribution is 5.43. The molecular formula is C25H26N4O. The van der Waals surface area contributed by atoms with E-state index in [4.69, 9.17) is 4.74 Å². The maximum absolute atomic E-state index is 5.97. The van der Waals surface area contributed by atoms with Gasteiger partial charge in [0.1, 0.15) is 12.4 Å². The first kappa shape index (κ1) is 19.8. The monoisotopic (exact) mass is 398 g/mol.